The Balaban J connectivity index is 1.59. The number of nitrogens with zero attached hydrogens (tertiary/aromatic N) is 2. The Labute approximate surface area is 254 Å². The molecule has 0 fully saturated rings. The predicted molar refractivity (Wildman–Crippen MR) is 157 cm³/mol. The minimum absolute atomic E-state index is 0.0763. The summed E-state index contributed by atoms with van der Waals surface area (Å²) in [6.07, 6.45) is 0. The van der Waals surface area contributed by atoms with Crippen molar-refractivity contribution in [3.8, 4) is 23.0 Å². The third-order valence-electron chi connectivity index (χ3n) is 5.32. The number of hydrogen-bond donors (Lipinski definition) is 0. The van der Waals surface area contributed by atoms with Crippen LogP contribution in [-0.2, 0) is 28.8 Å². The van der Waals surface area contributed by atoms with Crippen molar-refractivity contribution in [2.75, 3.05) is 0 Å². The molecule has 0 atom stereocenters. The second kappa shape index (κ2) is 13.4. The van der Waals surface area contributed by atoms with Gasteiger partial charge in [-0.25, -0.2) is 0 Å². The van der Waals surface area contributed by atoms with Crippen molar-refractivity contribution in [1.82, 2.24) is 0 Å². The highest BCUT2D eigenvalue weighted by molar-refractivity contribution is 7.87. The first-order valence-corrected chi connectivity index (χ1v) is 15.7. The van der Waals surface area contributed by atoms with E-state index in [2.05, 4.69) is 36.4 Å². The molecule has 0 aliphatic rings. The molecule has 0 spiro atoms. The topological polar surface area (TPSA) is 147 Å². The monoisotopic (exact) mass is 684 g/mol. The van der Waals surface area contributed by atoms with Crippen molar-refractivity contribution in [1.29, 1.82) is 0 Å². The molecule has 17 heteroatoms. The van der Waals surface area contributed by atoms with Crippen LogP contribution in [0.2, 0.25) is 10.0 Å². The molecule has 0 N–H and O–H groups in total. The molecule has 0 unspecified atom stereocenters. The third kappa shape index (κ3) is 7.57. The van der Waals surface area contributed by atoms with E-state index < -0.39 is 25.1 Å². The number of ketones is 1. The van der Waals surface area contributed by atoms with E-state index in [0.717, 1.165) is 6.07 Å². The van der Waals surface area contributed by atoms with Gasteiger partial charge in [0, 0.05) is 40.3 Å². The maximum Gasteiger partial charge on any atom is 0.323 e. The van der Waals surface area contributed by atoms with E-state index >= 15 is 0 Å². The van der Waals surface area contributed by atoms with Crippen LogP contribution in [0.5, 0.6) is 23.0 Å². The van der Waals surface area contributed by atoms with E-state index in [9.17, 15) is 21.6 Å². The van der Waals surface area contributed by atoms with Crippen molar-refractivity contribution in [3.05, 3.63) is 106 Å². The van der Waals surface area contributed by atoms with Crippen molar-refractivity contribution >= 4 is 67.3 Å². The molecule has 4 rings (SSSR count). The molecule has 0 amide bonds. The van der Waals surface area contributed by atoms with Gasteiger partial charge in [0.1, 0.15) is 27.9 Å². The molecular weight excluding hydrogens is 669 g/mol. The van der Waals surface area contributed by atoms with Gasteiger partial charge in [0.05, 0.1) is 9.92 Å². The number of carbonyl (C=O) groups excluding carboxylic acids is 1. The lowest BCUT2D eigenvalue weighted by molar-refractivity contribution is 0.103. The number of rotatable bonds is 12. The summed E-state index contributed by atoms with van der Waals surface area (Å²) in [5.74, 6) is -0.0904. The Kier molecular flexibility index (Phi) is 10.1. The fraction of sp³-hybridized carbons (Fsp3) is 0. The van der Waals surface area contributed by atoms with Crippen LogP contribution in [0.25, 0.3) is 0 Å². The summed E-state index contributed by atoms with van der Waals surface area (Å²) < 4.78 is 69.7. The summed E-state index contributed by atoms with van der Waals surface area (Å²) in [5.41, 5.74) is 0.553. The van der Waals surface area contributed by atoms with Gasteiger partial charge in [0.15, 0.2) is 5.78 Å². The van der Waals surface area contributed by atoms with Crippen LogP contribution in [0, 0.1) is 0 Å². The quantitative estimate of drug-likeness (QED) is 0.0831. The zero-order chi connectivity index (χ0) is 30.5. The van der Waals surface area contributed by atoms with E-state index in [-0.39, 0.29) is 44.3 Å². The Morgan fingerprint density at radius 1 is 0.667 bits per heavy atom. The van der Waals surface area contributed by atoms with Gasteiger partial charge in [-0.2, -0.15) is 16.8 Å². The first-order chi connectivity index (χ1) is 19.9. The molecule has 4 aromatic rings. The summed E-state index contributed by atoms with van der Waals surface area (Å²) in [5, 5.41) is 0.609. The highest BCUT2D eigenvalue weighted by atomic mass is 35.5. The van der Waals surface area contributed by atoms with Gasteiger partial charge < -0.3 is 9.47 Å². The van der Waals surface area contributed by atoms with Crippen molar-refractivity contribution in [2.24, 2.45) is 9.82 Å². The molecular formula is C25H16Cl2N2O9P2S2. The molecule has 0 bridgehead atoms. The first kappa shape index (κ1) is 31.7. The Hall–Kier alpha value is -3.25. The number of halogens is 2. The van der Waals surface area contributed by atoms with Gasteiger partial charge in [-0.3, -0.25) is 4.79 Å². The van der Waals surface area contributed by atoms with Crippen LogP contribution in [0.15, 0.2) is 105 Å². The number of hydrogen-bond acceptors (Lipinski definition) is 11. The molecule has 0 aliphatic heterocycles. The van der Waals surface area contributed by atoms with Crippen LogP contribution in [0.1, 0.15) is 15.9 Å². The summed E-state index contributed by atoms with van der Waals surface area (Å²) >= 11 is 12.1. The zero-order valence-corrected chi connectivity index (χ0v) is 25.9. The van der Waals surface area contributed by atoms with E-state index in [1.807, 2.05) is 0 Å². The lowest BCUT2D eigenvalue weighted by Gasteiger charge is -2.13. The van der Waals surface area contributed by atoms with Crippen LogP contribution >= 0.6 is 41.3 Å². The third-order valence-corrected chi connectivity index (χ3v) is 8.58. The lowest BCUT2D eigenvalue weighted by atomic mass is 10.0. The van der Waals surface area contributed by atoms with Gasteiger partial charge in [-0.15, -0.1) is 18.4 Å². The largest absolute Gasteiger partial charge is 0.457 e. The molecule has 42 heavy (non-hydrogen) atoms. The second-order valence-electron chi connectivity index (χ2n) is 8.00. The number of benzene rings is 4. The predicted octanol–water partition coefficient (Wildman–Crippen LogP) is 7.70. The summed E-state index contributed by atoms with van der Waals surface area (Å²) in [4.78, 5) is 18.2. The first-order valence-electron chi connectivity index (χ1n) is 11.2. The molecule has 4 aromatic carbocycles. The van der Waals surface area contributed by atoms with Crippen molar-refractivity contribution < 1.29 is 39.7 Å². The minimum atomic E-state index is -4.49. The van der Waals surface area contributed by atoms with Gasteiger partial charge >= 0.3 is 20.2 Å². The highest BCUT2D eigenvalue weighted by Crippen LogP contribution is 2.35. The second-order valence-corrected chi connectivity index (χ2v) is 12.2. The van der Waals surface area contributed by atoms with Crippen LogP contribution < -0.4 is 9.47 Å². The maximum atomic E-state index is 12.9. The van der Waals surface area contributed by atoms with Crippen LogP contribution in [0.4, 0.5) is 0 Å². The van der Waals surface area contributed by atoms with E-state index in [4.69, 9.17) is 32.7 Å². The molecule has 11 nitrogen and oxygen atoms in total. The van der Waals surface area contributed by atoms with Gasteiger partial charge in [0.25, 0.3) is 0 Å². The van der Waals surface area contributed by atoms with E-state index in [1.165, 1.54) is 72.8 Å². The fourth-order valence-corrected chi connectivity index (χ4v) is 5.86. The summed E-state index contributed by atoms with van der Waals surface area (Å²) in [6, 6.07) is 19.4. The van der Waals surface area contributed by atoms with Crippen molar-refractivity contribution in [2.45, 2.75) is 9.79 Å². The van der Waals surface area contributed by atoms with E-state index in [1.54, 1.807) is 6.07 Å². The lowest BCUT2D eigenvalue weighted by Crippen LogP contribution is -2.05. The van der Waals surface area contributed by atoms with E-state index in [0.29, 0.717) is 10.6 Å². The molecule has 0 heterocycles. The van der Waals surface area contributed by atoms with Gasteiger partial charge in [0.2, 0.25) is 0 Å². The Bertz CT molecular complexity index is 1890. The molecule has 0 aromatic heterocycles. The van der Waals surface area contributed by atoms with Crippen molar-refractivity contribution in [3.63, 3.8) is 0 Å². The maximum absolute atomic E-state index is 12.9. The molecule has 0 radical (unpaired) electrons. The van der Waals surface area contributed by atoms with Gasteiger partial charge in [-0.05, 0) is 78.9 Å². The molecule has 0 aliphatic carbocycles. The molecule has 0 saturated carbocycles. The average molecular weight is 685 g/mol. The van der Waals surface area contributed by atoms with Crippen LogP contribution in [-0.4, -0.2) is 22.6 Å². The van der Waals surface area contributed by atoms with Crippen LogP contribution in [0.3, 0.4) is 0 Å². The zero-order valence-electron chi connectivity index (χ0n) is 20.7. The smallest absolute Gasteiger partial charge is 0.323 e. The fourth-order valence-electron chi connectivity index (χ4n) is 3.45. The summed E-state index contributed by atoms with van der Waals surface area (Å²) in [7, 11) is -3.47. The highest BCUT2D eigenvalue weighted by Gasteiger charge is 2.24. The summed E-state index contributed by atoms with van der Waals surface area (Å²) in [6.45, 7) is 0. The Morgan fingerprint density at radius 3 is 1.88 bits per heavy atom. The van der Waals surface area contributed by atoms with Gasteiger partial charge in [-0.1, -0.05) is 23.2 Å². The average Bonchev–Trinajstić information content (AvgIpc) is 2.95. The normalized spacial score (nSPS) is 11.5. The molecule has 0 saturated heterocycles. The standard InChI is InChI=1S/C25H16Cl2N2O9P2S2/c26-16-3-11-22(27)21(13-16)25(30)15-1-4-17(5-2-15)35-19-8-12-23(24(14-19)42(33,34)38-29-40)36-18-6-9-20(10-7-18)41(31,32)37-28-39/h1-14,39-40H. The minimum Gasteiger partial charge on any atom is -0.457 e. The number of carbonyl (C=O) groups is 1. The molecule has 216 valence electrons. The Morgan fingerprint density at radius 2 is 1.24 bits per heavy atom. The number of ether oxygens (including phenoxy) is 2. The SMILES string of the molecule is O=C(c1ccc(Oc2ccc(Oc3ccc(S(=O)(=O)ON=P)cc3)c(S(=O)(=O)ON=P)c2)cc1)c1cc(Cl)ccc1Cl.